The Bertz CT molecular complexity index is 1220. The molecule has 0 saturated heterocycles. The van der Waals surface area contributed by atoms with Gasteiger partial charge in [-0.15, -0.1) is 0 Å². The molecule has 4 nitrogen and oxygen atoms in total. The van der Waals surface area contributed by atoms with Gasteiger partial charge in [0.25, 0.3) is 0 Å². The summed E-state index contributed by atoms with van der Waals surface area (Å²) in [4.78, 5) is 12.5. The number of halogens is 4. The second-order valence-corrected chi connectivity index (χ2v) is 8.59. The molecule has 0 heterocycles. The number of hydrogen-bond donors (Lipinski definition) is 1. The SMILES string of the molecule is COc1ccc(-c2ccc(OC(=O)c3ccc(C4CCC(CO)CC4)c(F)c3F)cc2)c(F)c1F. The summed E-state index contributed by atoms with van der Waals surface area (Å²) in [7, 11) is 1.23. The van der Waals surface area contributed by atoms with Crippen LogP contribution in [-0.2, 0) is 0 Å². The molecule has 8 heteroatoms. The molecule has 0 radical (unpaired) electrons. The van der Waals surface area contributed by atoms with Gasteiger partial charge in [-0.3, -0.25) is 0 Å². The number of aliphatic hydroxyl groups excluding tert-OH is 1. The van der Waals surface area contributed by atoms with Crippen LogP contribution < -0.4 is 9.47 Å². The maximum atomic E-state index is 14.8. The molecule has 4 rings (SSSR count). The topological polar surface area (TPSA) is 55.8 Å². The van der Waals surface area contributed by atoms with Gasteiger partial charge in [0.1, 0.15) is 5.75 Å². The number of aliphatic hydroxyl groups is 1. The fourth-order valence-electron chi connectivity index (χ4n) is 4.47. The summed E-state index contributed by atoms with van der Waals surface area (Å²) in [5.41, 5.74) is -0.0181. The molecule has 1 aliphatic carbocycles. The molecule has 0 amide bonds. The molecule has 184 valence electrons. The number of esters is 1. The third-order valence-corrected chi connectivity index (χ3v) is 6.52. The Balaban J connectivity index is 1.48. The molecule has 3 aromatic carbocycles. The summed E-state index contributed by atoms with van der Waals surface area (Å²) in [5.74, 6) is -5.82. The van der Waals surface area contributed by atoms with Crippen molar-refractivity contribution in [1.29, 1.82) is 0 Å². The van der Waals surface area contributed by atoms with Crippen LogP contribution in [0.5, 0.6) is 11.5 Å². The van der Waals surface area contributed by atoms with Crippen LogP contribution in [0.4, 0.5) is 17.6 Å². The molecular formula is C27H24F4O4. The van der Waals surface area contributed by atoms with Crippen LogP contribution in [-0.4, -0.2) is 24.8 Å². The van der Waals surface area contributed by atoms with Gasteiger partial charge >= 0.3 is 5.97 Å². The van der Waals surface area contributed by atoms with Crippen molar-refractivity contribution < 1.29 is 36.9 Å². The van der Waals surface area contributed by atoms with Crippen molar-refractivity contribution in [2.45, 2.75) is 31.6 Å². The molecule has 0 bridgehead atoms. The number of methoxy groups -OCH3 is 1. The Labute approximate surface area is 200 Å². The van der Waals surface area contributed by atoms with Crippen molar-refractivity contribution in [2.24, 2.45) is 5.92 Å². The van der Waals surface area contributed by atoms with Crippen molar-refractivity contribution in [3.63, 3.8) is 0 Å². The Hall–Kier alpha value is -3.39. The zero-order valence-electron chi connectivity index (χ0n) is 19.0. The fourth-order valence-corrected chi connectivity index (χ4v) is 4.47. The maximum Gasteiger partial charge on any atom is 0.346 e. The fraction of sp³-hybridized carbons (Fsp3) is 0.296. The predicted molar refractivity (Wildman–Crippen MR) is 121 cm³/mol. The van der Waals surface area contributed by atoms with E-state index >= 15 is 0 Å². The van der Waals surface area contributed by atoms with E-state index in [-0.39, 0.29) is 41.1 Å². The molecule has 0 aliphatic heterocycles. The molecule has 3 aromatic rings. The van der Waals surface area contributed by atoms with Crippen LogP contribution in [0, 0.1) is 29.2 Å². The molecule has 0 aromatic heterocycles. The van der Waals surface area contributed by atoms with E-state index in [1.54, 1.807) is 0 Å². The Morgan fingerprint density at radius 3 is 2.17 bits per heavy atom. The van der Waals surface area contributed by atoms with Crippen LogP contribution in [0.1, 0.15) is 47.5 Å². The maximum absolute atomic E-state index is 14.8. The van der Waals surface area contributed by atoms with Gasteiger partial charge in [-0.05, 0) is 79.0 Å². The predicted octanol–water partition coefficient (Wildman–Crippen LogP) is 6.40. The van der Waals surface area contributed by atoms with Gasteiger partial charge in [-0.1, -0.05) is 18.2 Å². The van der Waals surface area contributed by atoms with E-state index in [0.717, 1.165) is 12.8 Å². The van der Waals surface area contributed by atoms with Crippen molar-refractivity contribution in [3.8, 4) is 22.6 Å². The first-order valence-electron chi connectivity index (χ1n) is 11.3. The van der Waals surface area contributed by atoms with Gasteiger partial charge in [0.05, 0.1) is 12.7 Å². The number of benzene rings is 3. The minimum Gasteiger partial charge on any atom is -0.494 e. The zero-order valence-corrected chi connectivity index (χ0v) is 19.0. The van der Waals surface area contributed by atoms with Crippen molar-refractivity contribution in [2.75, 3.05) is 13.7 Å². The summed E-state index contributed by atoms with van der Waals surface area (Å²) in [6.45, 7) is 0.0846. The molecule has 1 saturated carbocycles. The normalized spacial score (nSPS) is 17.8. The van der Waals surface area contributed by atoms with E-state index in [1.807, 2.05) is 0 Å². The van der Waals surface area contributed by atoms with E-state index in [9.17, 15) is 27.5 Å². The number of ether oxygens (including phenoxy) is 2. The van der Waals surface area contributed by atoms with Gasteiger partial charge in [-0.25, -0.2) is 18.0 Å². The first-order chi connectivity index (χ1) is 16.8. The van der Waals surface area contributed by atoms with Crippen molar-refractivity contribution in [3.05, 3.63) is 82.9 Å². The standard InChI is InChI=1S/C27H24F4O4/c1-34-22-13-12-20(24(29)26(22)31)17-6-8-18(9-7-17)35-27(33)21-11-10-19(23(28)25(21)30)16-4-2-15(14-32)3-5-16/h6-13,15-16,32H,2-5,14H2,1H3. The lowest BCUT2D eigenvalue weighted by Gasteiger charge is -2.28. The minimum absolute atomic E-state index is 0.0158. The largest absolute Gasteiger partial charge is 0.494 e. The average molecular weight is 488 g/mol. The quantitative estimate of drug-likeness (QED) is 0.248. The molecular weight excluding hydrogens is 464 g/mol. The first kappa shape index (κ1) is 24.7. The third-order valence-electron chi connectivity index (χ3n) is 6.52. The minimum atomic E-state index is -1.27. The highest BCUT2D eigenvalue weighted by molar-refractivity contribution is 5.91. The molecule has 0 spiro atoms. The molecule has 1 aliphatic rings. The van der Waals surface area contributed by atoms with E-state index < -0.39 is 34.8 Å². The highest BCUT2D eigenvalue weighted by Gasteiger charge is 2.28. The first-order valence-corrected chi connectivity index (χ1v) is 11.3. The van der Waals surface area contributed by atoms with Gasteiger partial charge in [0.2, 0.25) is 5.82 Å². The van der Waals surface area contributed by atoms with Gasteiger partial charge in [0.15, 0.2) is 23.2 Å². The van der Waals surface area contributed by atoms with Crippen molar-refractivity contribution >= 4 is 5.97 Å². The number of carbonyl (C=O) groups excluding carboxylic acids is 1. The van der Waals surface area contributed by atoms with Crippen LogP contribution in [0.25, 0.3) is 11.1 Å². The highest BCUT2D eigenvalue weighted by atomic mass is 19.2. The lowest BCUT2D eigenvalue weighted by molar-refractivity contribution is 0.0728. The second-order valence-electron chi connectivity index (χ2n) is 8.59. The number of rotatable bonds is 6. The Morgan fingerprint density at radius 1 is 0.857 bits per heavy atom. The van der Waals surface area contributed by atoms with Gasteiger partial charge < -0.3 is 14.6 Å². The molecule has 0 atom stereocenters. The van der Waals surface area contributed by atoms with Crippen LogP contribution in [0.3, 0.4) is 0 Å². The summed E-state index contributed by atoms with van der Waals surface area (Å²) in [5, 5.41) is 9.26. The average Bonchev–Trinajstić information content (AvgIpc) is 2.88. The molecule has 1 N–H and O–H groups in total. The van der Waals surface area contributed by atoms with Crippen molar-refractivity contribution in [1.82, 2.24) is 0 Å². The zero-order chi connectivity index (χ0) is 25.1. The summed E-state index contributed by atoms with van der Waals surface area (Å²) in [6.07, 6.45) is 2.73. The van der Waals surface area contributed by atoms with Crippen LogP contribution in [0.15, 0.2) is 48.5 Å². The molecule has 0 unspecified atom stereocenters. The highest BCUT2D eigenvalue weighted by Crippen LogP contribution is 2.38. The van der Waals surface area contributed by atoms with Crippen LogP contribution in [0.2, 0.25) is 0 Å². The Morgan fingerprint density at radius 2 is 1.54 bits per heavy atom. The van der Waals surface area contributed by atoms with Gasteiger partial charge in [0, 0.05) is 12.2 Å². The van der Waals surface area contributed by atoms with E-state index in [0.29, 0.717) is 18.4 Å². The number of carbonyl (C=O) groups is 1. The summed E-state index contributed by atoms with van der Waals surface area (Å²) in [6, 6.07) is 10.8. The van der Waals surface area contributed by atoms with E-state index in [2.05, 4.69) is 0 Å². The monoisotopic (exact) mass is 488 g/mol. The molecule has 1 fully saturated rings. The summed E-state index contributed by atoms with van der Waals surface area (Å²) >= 11 is 0. The summed E-state index contributed by atoms with van der Waals surface area (Å²) < 4.78 is 67.8. The Kier molecular flexibility index (Phi) is 7.40. The van der Waals surface area contributed by atoms with E-state index in [1.165, 1.54) is 55.6 Å². The third kappa shape index (κ3) is 5.03. The second kappa shape index (κ2) is 10.5. The van der Waals surface area contributed by atoms with Gasteiger partial charge in [-0.2, -0.15) is 4.39 Å². The van der Waals surface area contributed by atoms with Crippen LogP contribution >= 0.6 is 0 Å². The lowest BCUT2D eigenvalue weighted by atomic mass is 9.78. The van der Waals surface area contributed by atoms with E-state index in [4.69, 9.17) is 9.47 Å². The number of hydrogen-bond acceptors (Lipinski definition) is 4. The smallest absolute Gasteiger partial charge is 0.346 e. The lowest BCUT2D eigenvalue weighted by Crippen LogP contribution is -2.18. The molecule has 35 heavy (non-hydrogen) atoms.